The number of thiazole rings is 1. The molecule has 0 fully saturated rings. The molecule has 0 atom stereocenters. The van der Waals surface area contributed by atoms with Gasteiger partial charge in [0, 0.05) is 18.4 Å². The number of amides is 1. The highest BCUT2D eigenvalue weighted by Gasteiger charge is 2.31. The summed E-state index contributed by atoms with van der Waals surface area (Å²) in [5.74, 6) is -1.06. The lowest BCUT2D eigenvalue weighted by Gasteiger charge is -2.19. The number of hydrogen-bond donors (Lipinski definition) is 0. The van der Waals surface area contributed by atoms with Crippen LogP contribution in [0.3, 0.4) is 0 Å². The third-order valence-electron chi connectivity index (χ3n) is 3.38. The number of hydrogen-bond acceptors (Lipinski definition) is 5. The number of rotatable bonds is 6. The van der Waals surface area contributed by atoms with Gasteiger partial charge in [-0.25, -0.2) is 9.78 Å². The van der Waals surface area contributed by atoms with Crippen molar-refractivity contribution in [2.24, 2.45) is 0 Å². The highest BCUT2D eigenvalue weighted by molar-refractivity contribution is 7.14. The van der Waals surface area contributed by atoms with E-state index in [1.54, 1.807) is 24.5 Å². The summed E-state index contributed by atoms with van der Waals surface area (Å²) >= 11 is 1.06. The van der Waals surface area contributed by atoms with Gasteiger partial charge in [0.2, 0.25) is 5.91 Å². The van der Waals surface area contributed by atoms with E-state index in [1.807, 2.05) is 0 Å². The van der Waals surface area contributed by atoms with Crippen molar-refractivity contribution < 1.29 is 27.5 Å². The molecule has 0 aliphatic rings. The number of anilines is 2. The minimum atomic E-state index is -4.53. The molecule has 2 aromatic rings. The fourth-order valence-corrected chi connectivity index (χ4v) is 3.02. The molecule has 9 heteroatoms. The molecule has 0 aliphatic heterocycles. The largest absolute Gasteiger partial charge is 0.456 e. The number of ether oxygens (including phenoxy) is 1. The fraction of sp³-hybridized carbons (Fsp3) is 0.211. The van der Waals surface area contributed by atoms with Crippen LogP contribution in [-0.2, 0) is 27.1 Å². The van der Waals surface area contributed by atoms with Crippen LogP contribution in [0.4, 0.5) is 24.0 Å². The van der Waals surface area contributed by atoms with Crippen LogP contribution in [0, 0.1) is 0 Å². The summed E-state index contributed by atoms with van der Waals surface area (Å²) in [5, 5.41) is 1.75. The van der Waals surface area contributed by atoms with E-state index in [4.69, 9.17) is 4.74 Å². The third-order valence-corrected chi connectivity index (χ3v) is 4.25. The van der Waals surface area contributed by atoms with E-state index in [1.165, 1.54) is 31.2 Å². The van der Waals surface area contributed by atoms with Crippen LogP contribution in [0.5, 0.6) is 0 Å². The van der Waals surface area contributed by atoms with Crippen molar-refractivity contribution in [1.82, 2.24) is 4.98 Å². The van der Waals surface area contributed by atoms with Gasteiger partial charge >= 0.3 is 12.1 Å². The Labute approximate surface area is 163 Å². The van der Waals surface area contributed by atoms with Crippen molar-refractivity contribution >= 4 is 34.0 Å². The van der Waals surface area contributed by atoms with Gasteiger partial charge in [0.1, 0.15) is 6.61 Å². The summed E-state index contributed by atoms with van der Waals surface area (Å²) in [6.45, 7) is 2.91. The summed E-state index contributed by atoms with van der Waals surface area (Å²) in [6.07, 6.45) is 1.67. The van der Waals surface area contributed by atoms with Crippen LogP contribution in [0.2, 0.25) is 0 Å². The molecular formula is C19H17F3N2O3S. The lowest BCUT2D eigenvalue weighted by molar-refractivity contribution is -0.139. The lowest BCUT2D eigenvalue weighted by Crippen LogP contribution is -2.23. The zero-order chi connectivity index (χ0) is 20.7. The van der Waals surface area contributed by atoms with Crippen LogP contribution in [0.15, 0.2) is 53.9 Å². The Hall–Kier alpha value is -2.94. The van der Waals surface area contributed by atoms with Crippen LogP contribution in [0.25, 0.3) is 0 Å². The summed E-state index contributed by atoms with van der Waals surface area (Å²) in [5.41, 5.74) is -0.435. The minimum absolute atomic E-state index is 0.0505. The summed E-state index contributed by atoms with van der Waals surface area (Å²) in [6, 6.07) is 4.43. The Morgan fingerprint density at radius 2 is 2.04 bits per heavy atom. The van der Waals surface area contributed by atoms with Gasteiger partial charge in [0.15, 0.2) is 5.13 Å². The molecule has 5 nitrogen and oxygen atoms in total. The highest BCUT2D eigenvalue weighted by atomic mass is 32.1. The van der Waals surface area contributed by atoms with Gasteiger partial charge in [-0.2, -0.15) is 13.2 Å². The maximum absolute atomic E-state index is 13.0. The van der Waals surface area contributed by atoms with Crippen molar-refractivity contribution in [2.45, 2.75) is 26.6 Å². The molecule has 0 unspecified atom stereocenters. The third kappa shape index (κ3) is 5.78. The van der Waals surface area contributed by atoms with Crippen molar-refractivity contribution in [2.75, 3.05) is 4.90 Å². The first kappa shape index (κ1) is 21.4. The van der Waals surface area contributed by atoms with E-state index >= 15 is 0 Å². The first-order valence-electron chi connectivity index (χ1n) is 8.11. The summed E-state index contributed by atoms with van der Waals surface area (Å²) in [7, 11) is 0. The van der Waals surface area contributed by atoms with Gasteiger partial charge < -0.3 is 4.74 Å². The molecule has 1 aromatic carbocycles. The van der Waals surface area contributed by atoms with Crippen molar-refractivity contribution in [1.29, 1.82) is 0 Å². The van der Waals surface area contributed by atoms with E-state index in [0.29, 0.717) is 5.69 Å². The van der Waals surface area contributed by atoms with E-state index in [0.717, 1.165) is 28.4 Å². The summed E-state index contributed by atoms with van der Waals surface area (Å²) < 4.78 is 43.9. The van der Waals surface area contributed by atoms with Crippen LogP contribution in [-0.4, -0.2) is 16.9 Å². The topological polar surface area (TPSA) is 59.5 Å². The highest BCUT2D eigenvalue weighted by Crippen LogP contribution is 2.34. The normalized spacial score (nSPS) is 11.9. The number of aromatic nitrogens is 1. The Balaban J connectivity index is 2.18. The van der Waals surface area contributed by atoms with Gasteiger partial charge in [0.25, 0.3) is 0 Å². The van der Waals surface area contributed by atoms with Crippen LogP contribution in [0.1, 0.15) is 25.1 Å². The number of nitrogens with zero attached hydrogens (tertiary/aromatic N) is 2. The van der Waals surface area contributed by atoms with E-state index < -0.39 is 23.6 Å². The Morgan fingerprint density at radius 3 is 2.68 bits per heavy atom. The predicted octanol–water partition coefficient (Wildman–Crippen LogP) is 5.02. The Bertz CT molecular complexity index is 904. The number of halogens is 3. The monoisotopic (exact) mass is 410 g/mol. The molecular weight excluding hydrogens is 393 g/mol. The molecule has 0 N–H and O–H groups in total. The van der Waals surface area contributed by atoms with Gasteiger partial charge in [-0.3, -0.25) is 9.69 Å². The first-order chi connectivity index (χ1) is 13.2. The molecule has 0 bridgehead atoms. The van der Waals surface area contributed by atoms with E-state index in [9.17, 15) is 22.8 Å². The van der Waals surface area contributed by atoms with Crippen LogP contribution < -0.4 is 4.90 Å². The average molecular weight is 410 g/mol. The number of carbonyl (C=O) groups is 2. The second-order valence-electron chi connectivity index (χ2n) is 5.52. The fourth-order valence-electron chi connectivity index (χ4n) is 2.15. The molecule has 148 valence electrons. The molecule has 28 heavy (non-hydrogen) atoms. The number of allylic oxidation sites excluding steroid dienone is 3. The van der Waals surface area contributed by atoms with Gasteiger partial charge in [-0.15, -0.1) is 11.3 Å². The number of carbonyl (C=O) groups excluding carboxylic acids is 2. The second-order valence-corrected chi connectivity index (χ2v) is 6.35. The Kier molecular flexibility index (Phi) is 7.11. The second kappa shape index (κ2) is 9.32. The molecule has 1 aromatic heterocycles. The standard InChI is InChI=1S/C19H17F3N2O3S/c1-3-4-5-9-17(26)27-11-15-12-28-18(23-15)24(13(2)25)16-8-6-7-14(10-16)19(20,21)22/h3-10,12H,11H2,1-2H3/b4-3+,9-5+. The molecule has 1 amide bonds. The van der Waals surface area contributed by atoms with E-state index in [-0.39, 0.29) is 17.4 Å². The molecule has 2 rings (SSSR count). The number of alkyl halides is 3. The van der Waals surface area contributed by atoms with Crippen LogP contribution >= 0.6 is 11.3 Å². The molecule has 0 saturated heterocycles. The molecule has 1 heterocycles. The molecule has 0 aliphatic carbocycles. The van der Waals surface area contributed by atoms with Crippen molar-refractivity contribution in [3.05, 3.63) is 65.2 Å². The zero-order valence-electron chi connectivity index (χ0n) is 15.1. The number of esters is 1. The molecule has 0 spiro atoms. The minimum Gasteiger partial charge on any atom is -0.456 e. The predicted molar refractivity (Wildman–Crippen MR) is 100 cm³/mol. The SMILES string of the molecule is C/C=C/C=C/C(=O)OCc1csc(N(C(C)=O)c2cccc(C(F)(F)F)c2)n1. The average Bonchev–Trinajstić information content (AvgIpc) is 3.08. The first-order valence-corrected chi connectivity index (χ1v) is 8.99. The molecule has 0 saturated carbocycles. The van der Waals surface area contributed by atoms with Crippen molar-refractivity contribution in [3.8, 4) is 0 Å². The molecule has 0 radical (unpaired) electrons. The Morgan fingerprint density at radius 1 is 1.29 bits per heavy atom. The van der Waals surface area contributed by atoms with Gasteiger partial charge in [0.05, 0.1) is 16.9 Å². The summed E-state index contributed by atoms with van der Waals surface area (Å²) in [4.78, 5) is 28.9. The maximum Gasteiger partial charge on any atom is 0.416 e. The zero-order valence-corrected chi connectivity index (χ0v) is 15.9. The maximum atomic E-state index is 13.0. The van der Waals surface area contributed by atoms with Gasteiger partial charge in [-0.05, 0) is 25.1 Å². The van der Waals surface area contributed by atoms with Crippen molar-refractivity contribution in [3.63, 3.8) is 0 Å². The lowest BCUT2D eigenvalue weighted by atomic mass is 10.2. The quantitative estimate of drug-likeness (QED) is 0.381. The smallest absolute Gasteiger partial charge is 0.416 e. The number of benzene rings is 1. The van der Waals surface area contributed by atoms with E-state index in [2.05, 4.69) is 4.98 Å². The van der Waals surface area contributed by atoms with Gasteiger partial charge in [-0.1, -0.05) is 24.3 Å².